The Morgan fingerprint density at radius 2 is 1.92 bits per heavy atom. The fraction of sp³-hybridized carbons (Fsp3) is 0.500. The van der Waals surface area contributed by atoms with Gasteiger partial charge in [0.25, 0.3) is 0 Å². The summed E-state index contributed by atoms with van der Waals surface area (Å²) in [7, 11) is 0. The molecular weight excluding hydrogens is 316 g/mol. The summed E-state index contributed by atoms with van der Waals surface area (Å²) in [6, 6.07) is 10.7. The third-order valence-corrected chi connectivity index (χ3v) is 6.41. The third-order valence-electron chi connectivity index (χ3n) is 5.47. The summed E-state index contributed by atoms with van der Waals surface area (Å²) in [5.74, 6) is 1.02. The summed E-state index contributed by atoms with van der Waals surface area (Å²) in [4.78, 5) is 19.7. The average molecular weight is 340 g/mol. The quantitative estimate of drug-likeness (QED) is 0.822. The standard InChI is InChI=1S/C20H24N2OS/c23-19(22-12-6-10-15-7-4-5-11-18(15)22)13-17-14-24-20(21-17)16-8-2-1-3-9-16/h1-3,8-9,14-15,18H,4-7,10-13H2. The van der Waals surface area contributed by atoms with Crippen LogP contribution in [0.2, 0.25) is 0 Å². The number of carbonyl (C=O) groups excluding carboxylic acids is 1. The Morgan fingerprint density at radius 1 is 1.12 bits per heavy atom. The minimum atomic E-state index is 0.275. The number of hydrogen-bond donors (Lipinski definition) is 0. The molecule has 2 atom stereocenters. The van der Waals surface area contributed by atoms with Crippen LogP contribution >= 0.6 is 11.3 Å². The first-order valence-corrected chi connectivity index (χ1v) is 9.98. The molecule has 0 spiro atoms. The van der Waals surface area contributed by atoms with E-state index in [2.05, 4.69) is 17.0 Å². The molecule has 2 unspecified atom stereocenters. The number of nitrogens with zero attached hydrogens (tertiary/aromatic N) is 2. The van der Waals surface area contributed by atoms with E-state index < -0.39 is 0 Å². The number of carbonyl (C=O) groups is 1. The lowest BCUT2D eigenvalue weighted by atomic mass is 9.78. The van der Waals surface area contributed by atoms with Crippen LogP contribution in [0.4, 0.5) is 0 Å². The number of aromatic nitrogens is 1. The van der Waals surface area contributed by atoms with Gasteiger partial charge in [0.05, 0.1) is 12.1 Å². The molecule has 2 aromatic rings. The molecule has 1 aromatic carbocycles. The molecule has 0 radical (unpaired) electrons. The van der Waals surface area contributed by atoms with Crippen molar-refractivity contribution in [2.75, 3.05) is 6.54 Å². The van der Waals surface area contributed by atoms with Crippen molar-refractivity contribution in [1.82, 2.24) is 9.88 Å². The lowest BCUT2D eigenvalue weighted by Crippen LogP contribution is -2.50. The molecule has 24 heavy (non-hydrogen) atoms. The second-order valence-electron chi connectivity index (χ2n) is 7.03. The molecule has 2 aliphatic rings. The van der Waals surface area contributed by atoms with E-state index in [0.717, 1.165) is 28.7 Å². The van der Waals surface area contributed by atoms with Gasteiger partial charge in [0.15, 0.2) is 0 Å². The Hall–Kier alpha value is -1.68. The first-order chi connectivity index (χ1) is 11.8. The highest BCUT2D eigenvalue weighted by Gasteiger charge is 2.35. The first kappa shape index (κ1) is 15.8. The summed E-state index contributed by atoms with van der Waals surface area (Å²) in [6.45, 7) is 0.940. The van der Waals surface area contributed by atoms with Crippen LogP contribution in [0.3, 0.4) is 0 Å². The number of amides is 1. The lowest BCUT2D eigenvalue weighted by Gasteiger charge is -2.44. The van der Waals surface area contributed by atoms with Crippen LogP contribution in [0.25, 0.3) is 10.6 Å². The Labute approximate surface area is 147 Å². The van der Waals surface area contributed by atoms with Gasteiger partial charge in [-0.05, 0) is 31.6 Å². The predicted molar refractivity (Wildman–Crippen MR) is 97.9 cm³/mol. The molecule has 2 heterocycles. The molecule has 2 fully saturated rings. The summed E-state index contributed by atoms with van der Waals surface area (Å²) in [5, 5.41) is 3.05. The summed E-state index contributed by atoms with van der Waals surface area (Å²) in [5.41, 5.74) is 2.05. The smallest absolute Gasteiger partial charge is 0.228 e. The van der Waals surface area contributed by atoms with E-state index in [-0.39, 0.29) is 5.91 Å². The van der Waals surface area contributed by atoms with Crippen LogP contribution in [-0.4, -0.2) is 28.4 Å². The second-order valence-corrected chi connectivity index (χ2v) is 7.89. The van der Waals surface area contributed by atoms with Crippen molar-refractivity contribution < 1.29 is 4.79 Å². The van der Waals surface area contributed by atoms with Crippen LogP contribution in [0.5, 0.6) is 0 Å². The zero-order valence-electron chi connectivity index (χ0n) is 14.0. The lowest BCUT2D eigenvalue weighted by molar-refractivity contribution is -0.136. The normalized spacial score (nSPS) is 23.8. The zero-order chi connectivity index (χ0) is 16.4. The van der Waals surface area contributed by atoms with E-state index in [1.165, 1.54) is 38.5 Å². The van der Waals surface area contributed by atoms with Gasteiger partial charge >= 0.3 is 0 Å². The molecule has 0 bridgehead atoms. The predicted octanol–water partition coefficient (Wildman–Crippen LogP) is 4.53. The maximum atomic E-state index is 12.9. The van der Waals surface area contributed by atoms with Crippen LogP contribution in [-0.2, 0) is 11.2 Å². The molecule has 0 N–H and O–H groups in total. The minimum absolute atomic E-state index is 0.275. The van der Waals surface area contributed by atoms with Gasteiger partial charge in [-0.25, -0.2) is 4.98 Å². The van der Waals surface area contributed by atoms with Crippen LogP contribution in [0.15, 0.2) is 35.7 Å². The molecule has 3 nitrogen and oxygen atoms in total. The number of likely N-dealkylation sites (tertiary alicyclic amines) is 1. The maximum Gasteiger partial charge on any atom is 0.228 e. The largest absolute Gasteiger partial charge is 0.339 e. The molecule has 1 saturated heterocycles. The summed E-state index contributed by atoms with van der Waals surface area (Å²) < 4.78 is 0. The van der Waals surface area contributed by atoms with Gasteiger partial charge < -0.3 is 4.90 Å². The molecule has 4 heteroatoms. The van der Waals surface area contributed by atoms with Crippen molar-refractivity contribution in [2.24, 2.45) is 5.92 Å². The highest BCUT2D eigenvalue weighted by Crippen LogP contribution is 2.35. The van der Waals surface area contributed by atoms with Crippen LogP contribution in [0.1, 0.15) is 44.2 Å². The van der Waals surface area contributed by atoms with E-state index in [1.807, 2.05) is 23.6 Å². The molecule has 1 saturated carbocycles. The van der Waals surface area contributed by atoms with Gasteiger partial charge in [0.1, 0.15) is 5.01 Å². The minimum Gasteiger partial charge on any atom is -0.339 e. The highest BCUT2D eigenvalue weighted by molar-refractivity contribution is 7.13. The maximum absolute atomic E-state index is 12.9. The molecular formula is C20H24N2OS. The Kier molecular flexibility index (Phi) is 4.65. The van der Waals surface area contributed by atoms with Gasteiger partial charge in [-0.15, -0.1) is 11.3 Å². The number of hydrogen-bond acceptors (Lipinski definition) is 3. The molecule has 1 aliphatic heterocycles. The van der Waals surface area contributed by atoms with Crippen molar-refractivity contribution in [2.45, 2.75) is 51.0 Å². The van der Waals surface area contributed by atoms with Gasteiger partial charge in [-0.2, -0.15) is 0 Å². The van der Waals surface area contributed by atoms with Gasteiger partial charge in [-0.3, -0.25) is 4.79 Å². The zero-order valence-corrected chi connectivity index (χ0v) is 14.8. The molecule has 126 valence electrons. The molecule has 1 aliphatic carbocycles. The van der Waals surface area contributed by atoms with Crippen LogP contribution < -0.4 is 0 Å². The summed E-state index contributed by atoms with van der Waals surface area (Å²) >= 11 is 1.63. The van der Waals surface area contributed by atoms with E-state index in [0.29, 0.717) is 12.5 Å². The molecule has 1 aromatic heterocycles. The SMILES string of the molecule is O=C(Cc1csc(-c2ccccc2)n1)N1CCCC2CCCCC21. The number of rotatable bonds is 3. The highest BCUT2D eigenvalue weighted by atomic mass is 32.1. The van der Waals surface area contributed by atoms with E-state index in [1.54, 1.807) is 11.3 Å². The van der Waals surface area contributed by atoms with Gasteiger partial charge in [0.2, 0.25) is 5.91 Å². The van der Waals surface area contributed by atoms with E-state index >= 15 is 0 Å². The monoisotopic (exact) mass is 340 g/mol. The van der Waals surface area contributed by atoms with Crippen molar-refractivity contribution >= 4 is 17.2 Å². The number of thiazole rings is 1. The Balaban J connectivity index is 1.45. The Bertz CT molecular complexity index is 695. The van der Waals surface area contributed by atoms with Gasteiger partial charge in [-0.1, -0.05) is 43.2 Å². The van der Waals surface area contributed by atoms with Gasteiger partial charge in [0, 0.05) is 23.5 Å². The number of benzene rings is 1. The third kappa shape index (κ3) is 3.25. The Morgan fingerprint density at radius 3 is 2.79 bits per heavy atom. The fourth-order valence-corrected chi connectivity index (χ4v) is 5.12. The van der Waals surface area contributed by atoms with Crippen molar-refractivity contribution in [3.63, 3.8) is 0 Å². The second kappa shape index (κ2) is 7.06. The molecule has 4 rings (SSSR count). The van der Waals surface area contributed by atoms with Crippen LogP contribution in [0, 0.1) is 5.92 Å². The molecule has 1 amide bonds. The van der Waals surface area contributed by atoms with Crippen molar-refractivity contribution in [3.05, 3.63) is 41.4 Å². The fourth-order valence-electron chi connectivity index (χ4n) is 4.29. The first-order valence-electron chi connectivity index (χ1n) is 9.10. The van der Waals surface area contributed by atoms with Crippen molar-refractivity contribution in [3.8, 4) is 10.6 Å². The topological polar surface area (TPSA) is 33.2 Å². The number of fused-ring (bicyclic) bond motifs is 1. The van der Waals surface area contributed by atoms with Crippen molar-refractivity contribution in [1.29, 1.82) is 0 Å². The number of piperidine rings is 1. The van der Waals surface area contributed by atoms with E-state index in [9.17, 15) is 4.79 Å². The summed E-state index contributed by atoms with van der Waals surface area (Å²) in [6.07, 6.45) is 8.05. The van der Waals surface area contributed by atoms with E-state index in [4.69, 9.17) is 4.98 Å². The average Bonchev–Trinajstić information content (AvgIpc) is 3.10.